The van der Waals surface area contributed by atoms with Crippen molar-refractivity contribution >= 4 is 22.9 Å². The molecule has 1 aromatic heterocycles. The lowest BCUT2D eigenvalue weighted by atomic mass is 9.67. The molecule has 98 valence electrons. The summed E-state index contributed by atoms with van der Waals surface area (Å²) in [5.41, 5.74) is -0.139. The molecule has 1 aromatic rings. The summed E-state index contributed by atoms with van der Waals surface area (Å²) < 4.78 is 0.828. The van der Waals surface area contributed by atoms with E-state index in [0.717, 1.165) is 35.4 Å². The van der Waals surface area contributed by atoms with Crippen LogP contribution >= 0.6 is 22.9 Å². The van der Waals surface area contributed by atoms with Gasteiger partial charge in [0.05, 0.1) is 15.8 Å². The zero-order chi connectivity index (χ0) is 13.2. The van der Waals surface area contributed by atoms with Gasteiger partial charge in [-0.3, -0.25) is 0 Å². The molecule has 1 aliphatic rings. The molecule has 0 aromatic carbocycles. The maximum Gasteiger partial charge on any atom is 0.0931 e. The van der Waals surface area contributed by atoms with Crippen LogP contribution in [0, 0.1) is 28.6 Å². The Hall–Kier alpha value is -0.520. The minimum atomic E-state index is -0.139. The van der Waals surface area contributed by atoms with Crippen LogP contribution in [0.4, 0.5) is 0 Å². The van der Waals surface area contributed by atoms with Crippen molar-refractivity contribution in [2.24, 2.45) is 17.3 Å². The number of hydrogen-bond donors (Lipinski definition) is 0. The lowest BCUT2D eigenvalue weighted by Crippen LogP contribution is -2.29. The minimum Gasteiger partial charge on any atom is -0.198 e. The summed E-state index contributed by atoms with van der Waals surface area (Å²) >= 11 is 7.58. The summed E-state index contributed by atoms with van der Waals surface area (Å²) in [6.07, 6.45) is 5.37. The van der Waals surface area contributed by atoms with Crippen molar-refractivity contribution in [3.63, 3.8) is 0 Å². The molecule has 2 rings (SSSR count). The van der Waals surface area contributed by atoms with Gasteiger partial charge in [0.1, 0.15) is 0 Å². The second kappa shape index (κ2) is 5.63. The smallest absolute Gasteiger partial charge is 0.0931 e. The molecule has 0 unspecified atom stereocenters. The van der Waals surface area contributed by atoms with Gasteiger partial charge in [-0.15, -0.1) is 11.3 Å². The largest absolute Gasteiger partial charge is 0.198 e. The van der Waals surface area contributed by atoms with Gasteiger partial charge in [-0.05, 0) is 49.7 Å². The maximum atomic E-state index is 9.56. The zero-order valence-electron chi connectivity index (χ0n) is 11.1. The summed E-state index contributed by atoms with van der Waals surface area (Å²) in [4.78, 5) is 1.25. The summed E-state index contributed by atoms with van der Waals surface area (Å²) in [5, 5.41) is 9.56. The Morgan fingerprint density at radius 2 is 2.11 bits per heavy atom. The van der Waals surface area contributed by atoms with E-state index in [9.17, 15) is 5.26 Å². The Kier molecular flexibility index (Phi) is 4.35. The third-order valence-corrected chi connectivity index (χ3v) is 5.54. The number of thiophene rings is 1. The predicted molar refractivity (Wildman–Crippen MR) is 77.9 cm³/mol. The fraction of sp³-hybridized carbons (Fsp3) is 0.667. The molecule has 1 nitrogen and oxygen atoms in total. The average Bonchev–Trinajstić information content (AvgIpc) is 2.75. The Morgan fingerprint density at radius 3 is 2.56 bits per heavy atom. The second-order valence-electron chi connectivity index (χ2n) is 5.86. The first-order valence-electron chi connectivity index (χ1n) is 6.70. The van der Waals surface area contributed by atoms with E-state index in [1.807, 2.05) is 6.07 Å². The highest BCUT2D eigenvalue weighted by molar-refractivity contribution is 7.16. The molecule has 0 radical (unpaired) electrons. The highest BCUT2D eigenvalue weighted by Gasteiger charge is 2.36. The minimum absolute atomic E-state index is 0.139. The van der Waals surface area contributed by atoms with Gasteiger partial charge in [-0.2, -0.15) is 5.26 Å². The quantitative estimate of drug-likeness (QED) is 0.737. The summed E-state index contributed by atoms with van der Waals surface area (Å²) in [6, 6.07) is 6.61. The van der Waals surface area contributed by atoms with Crippen LogP contribution in [-0.4, -0.2) is 0 Å². The van der Waals surface area contributed by atoms with E-state index in [-0.39, 0.29) is 5.41 Å². The van der Waals surface area contributed by atoms with E-state index < -0.39 is 0 Å². The van der Waals surface area contributed by atoms with Crippen molar-refractivity contribution in [1.29, 1.82) is 5.26 Å². The molecule has 0 spiro atoms. The monoisotopic (exact) mass is 281 g/mol. The highest BCUT2D eigenvalue weighted by Crippen LogP contribution is 2.44. The fourth-order valence-corrected chi connectivity index (χ4v) is 4.20. The topological polar surface area (TPSA) is 23.8 Å². The molecular formula is C15H20ClNS. The standard InChI is InChI=1S/C15H20ClNS/c1-11(2)12-5-7-15(10-17,8-6-12)9-13-3-4-14(16)18-13/h3-4,11-12H,5-9H2,1-2H3. The number of nitriles is 1. The maximum absolute atomic E-state index is 9.56. The summed E-state index contributed by atoms with van der Waals surface area (Å²) in [7, 11) is 0. The molecule has 0 N–H and O–H groups in total. The van der Waals surface area contributed by atoms with Crippen LogP contribution in [0.3, 0.4) is 0 Å². The van der Waals surface area contributed by atoms with E-state index in [1.165, 1.54) is 17.7 Å². The van der Waals surface area contributed by atoms with Crippen LogP contribution in [-0.2, 0) is 6.42 Å². The lowest BCUT2D eigenvalue weighted by Gasteiger charge is -2.36. The van der Waals surface area contributed by atoms with Crippen LogP contribution in [0.2, 0.25) is 4.34 Å². The number of nitrogens with zero attached hydrogens (tertiary/aromatic N) is 1. The Morgan fingerprint density at radius 1 is 1.44 bits per heavy atom. The first kappa shape index (κ1) is 13.9. The van der Waals surface area contributed by atoms with Crippen LogP contribution in [0.25, 0.3) is 0 Å². The Balaban J connectivity index is 2.03. The predicted octanol–water partition coefficient (Wildman–Crippen LogP) is 5.30. The number of rotatable bonds is 3. The van der Waals surface area contributed by atoms with Crippen molar-refractivity contribution in [2.75, 3.05) is 0 Å². The second-order valence-corrected chi connectivity index (χ2v) is 7.66. The van der Waals surface area contributed by atoms with Crippen LogP contribution in [0.15, 0.2) is 12.1 Å². The molecule has 3 heteroatoms. The van der Waals surface area contributed by atoms with Crippen molar-refractivity contribution in [3.8, 4) is 6.07 Å². The van der Waals surface area contributed by atoms with Crippen molar-refractivity contribution in [1.82, 2.24) is 0 Å². The summed E-state index contributed by atoms with van der Waals surface area (Å²) in [5.74, 6) is 1.55. The van der Waals surface area contributed by atoms with Crippen LogP contribution < -0.4 is 0 Å². The molecule has 18 heavy (non-hydrogen) atoms. The first-order chi connectivity index (χ1) is 8.54. The molecule has 0 aliphatic heterocycles. The van der Waals surface area contributed by atoms with Gasteiger partial charge in [-0.1, -0.05) is 25.4 Å². The van der Waals surface area contributed by atoms with Gasteiger partial charge in [0.2, 0.25) is 0 Å². The van der Waals surface area contributed by atoms with Crippen LogP contribution in [0.1, 0.15) is 44.4 Å². The molecular weight excluding hydrogens is 262 g/mol. The van der Waals surface area contributed by atoms with E-state index in [1.54, 1.807) is 11.3 Å². The first-order valence-corrected chi connectivity index (χ1v) is 7.89. The Labute approximate surface area is 119 Å². The molecule has 0 atom stereocenters. The Bertz CT molecular complexity index is 436. The van der Waals surface area contributed by atoms with E-state index in [0.29, 0.717) is 0 Å². The number of hydrogen-bond acceptors (Lipinski definition) is 2. The molecule has 0 bridgehead atoms. The molecule has 1 heterocycles. The van der Waals surface area contributed by atoms with Crippen molar-refractivity contribution in [3.05, 3.63) is 21.3 Å². The van der Waals surface area contributed by atoms with Gasteiger partial charge in [0.25, 0.3) is 0 Å². The number of halogens is 1. The normalized spacial score (nSPS) is 28.3. The SMILES string of the molecule is CC(C)C1CCC(C#N)(Cc2ccc(Cl)s2)CC1. The van der Waals surface area contributed by atoms with E-state index in [4.69, 9.17) is 11.6 Å². The molecule has 0 saturated heterocycles. The third kappa shape index (κ3) is 3.08. The van der Waals surface area contributed by atoms with E-state index in [2.05, 4.69) is 26.0 Å². The van der Waals surface area contributed by atoms with Crippen molar-refractivity contribution < 1.29 is 0 Å². The van der Waals surface area contributed by atoms with Gasteiger partial charge in [0.15, 0.2) is 0 Å². The third-order valence-electron chi connectivity index (χ3n) is 4.31. The fourth-order valence-electron chi connectivity index (χ4n) is 2.97. The van der Waals surface area contributed by atoms with Gasteiger partial charge < -0.3 is 0 Å². The lowest BCUT2D eigenvalue weighted by molar-refractivity contribution is 0.175. The van der Waals surface area contributed by atoms with Crippen molar-refractivity contribution in [2.45, 2.75) is 46.0 Å². The summed E-state index contributed by atoms with van der Waals surface area (Å²) in [6.45, 7) is 4.59. The zero-order valence-corrected chi connectivity index (χ0v) is 12.7. The van der Waals surface area contributed by atoms with E-state index >= 15 is 0 Å². The average molecular weight is 282 g/mol. The van der Waals surface area contributed by atoms with Gasteiger partial charge in [0, 0.05) is 11.3 Å². The van der Waals surface area contributed by atoms with Crippen LogP contribution in [0.5, 0.6) is 0 Å². The highest BCUT2D eigenvalue weighted by atomic mass is 35.5. The molecule has 1 fully saturated rings. The molecule has 1 saturated carbocycles. The van der Waals surface area contributed by atoms with Gasteiger partial charge in [-0.25, -0.2) is 0 Å². The van der Waals surface area contributed by atoms with Gasteiger partial charge >= 0.3 is 0 Å². The molecule has 1 aliphatic carbocycles. The molecule has 0 amide bonds.